The van der Waals surface area contributed by atoms with E-state index in [1.54, 1.807) is 0 Å². The molecule has 27 heavy (non-hydrogen) atoms. The van der Waals surface area contributed by atoms with Crippen LogP contribution in [0.25, 0.3) is 0 Å². The monoisotopic (exact) mass is 416 g/mol. The molecule has 0 saturated heterocycles. The van der Waals surface area contributed by atoms with Crippen LogP contribution in [-0.4, -0.2) is 40.3 Å². The smallest absolute Gasteiger partial charge is 0.210 e. The molecule has 6 nitrogen and oxygen atoms in total. The summed E-state index contributed by atoms with van der Waals surface area (Å²) in [6.07, 6.45) is 1.32. The highest BCUT2D eigenvalue weighted by Crippen LogP contribution is 2.31. The molecule has 10 heteroatoms. The van der Waals surface area contributed by atoms with Crippen molar-refractivity contribution in [3.63, 3.8) is 0 Å². The summed E-state index contributed by atoms with van der Waals surface area (Å²) in [4.78, 5) is -0.421. The molecule has 0 unspecified atom stereocenters. The summed E-state index contributed by atoms with van der Waals surface area (Å²) in [7, 11) is -7.92. The summed E-state index contributed by atoms with van der Waals surface area (Å²) in [5.74, 6) is -1.36. The molecule has 146 valence electrons. The maximum absolute atomic E-state index is 13.4. The Balaban J connectivity index is 1.73. The zero-order valence-corrected chi connectivity index (χ0v) is 15.8. The van der Waals surface area contributed by atoms with Gasteiger partial charge in [-0.15, -0.1) is 0 Å². The summed E-state index contributed by atoms with van der Waals surface area (Å²) in [5, 5.41) is 0. The molecule has 1 aliphatic carbocycles. The Kier molecular flexibility index (Phi) is 5.61. The Labute approximate surface area is 156 Å². The van der Waals surface area contributed by atoms with Crippen molar-refractivity contribution in [2.45, 2.75) is 28.7 Å². The van der Waals surface area contributed by atoms with E-state index in [-0.39, 0.29) is 28.9 Å². The lowest BCUT2D eigenvalue weighted by Gasteiger charge is -2.22. The molecular weight excluding hydrogens is 398 g/mol. The molecule has 1 fully saturated rings. The third-order valence-corrected chi connectivity index (χ3v) is 7.49. The fourth-order valence-corrected chi connectivity index (χ4v) is 5.40. The Bertz CT molecular complexity index is 1040. The second-order valence-corrected chi connectivity index (χ2v) is 9.82. The molecule has 3 rings (SSSR count). The third kappa shape index (κ3) is 4.70. The van der Waals surface area contributed by atoms with Gasteiger partial charge in [0.2, 0.25) is 20.0 Å². The van der Waals surface area contributed by atoms with E-state index in [4.69, 9.17) is 0 Å². The van der Waals surface area contributed by atoms with Crippen LogP contribution in [0.3, 0.4) is 0 Å². The predicted octanol–water partition coefficient (Wildman–Crippen LogP) is 2.10. The number of nitrogens with one attached hydrogen (secondary N) is 1. The lowest BCUT2D eigenvalue weighted by atomic mass is 10.4. The maximum Gasteiger partial charge on any atom is 0.243 e. The molecule has 0 radical (unpaired) electrons. The number of nitrogens with zero attached hydrogens (tertiary/aromatic N) is 1. The Morgan fingerprint density at radius 2 is 1.48 bits per heavy atom. The first-order chi connectivity index (χ1) is 12.7. The molecule has 0 spiro atoms. The van der Waals surface area contributed by atoms with Gasteiger partial charge in [-0.05, 0) is 49.2 Å². The van der Waals surface area contributed by atoms with E-state index in [0.29, 0.717) is 12.8 Å². The molecule has 0 bridgehead atoms. The molecule has 0 amide bonds. The number of benzene rings is 2. The van der Waals surface area contributed by atoms with Crippen molar-refractivity contribution in [2.75, 3.05) is 13.1 Å². The molecular formula is C17H18F2N2O4S2. The quantitative estimate of drug-likeness (QED) is 0.714. The Hall–Kier alpha value is -1.88. The van der Waals surface area contributed by atoms with Crippen molar-refractivity contribution < 1.29 is 25.6 Å². The predicted molar refractivity (Wildman–Crippen MR) is 94.9 cm³/mol. The van der Waals surface area contributed by atoms with Gasteiger partial charge in [0.15, 0.2) is 0 Å². The van der Waals surface area contributed by atoms with Crippen LogP contribution >= 0.6 is 0 Å². The lowest BCUT2D eigenvalue weighted by Crippen LogP contribution is -2.40. The van der Waals surface area contributed by atoms with Crippen LogP contribution in [0.2, 0.25) is 0 Å². The first-order valence-electron chi connectivity index (χ1n) is 8.23. The van der Waals surface area contributed by atoms with Gasteiger partial charge in [-0.1, -0.05) is 12.1 Å². The van der Waals surface area contributed by atoms with Crippen molar-refractivity contribution in [1.82, 2.24) is 9.03 Å². The first kappa shape index (κ1) is 19.9. The second kappa shape index (κ2) is 7.63. The summed E-state index contributed by atoms with van der Waals surface area (Å²) in [6.45, 7) is -0.304. The van der Waals surface area contributed by atoms with Gasteiger partial charge in [0.1, 0.15) is 11.6 Å². The standard InChI is InChI=1S/C17H18F2N2O4S2/c18-13-3-1-5-16(11-13)26(22,23)20-9-10-21(15-7-8-15)27(24,25)17-6-2-4-14(19)12-17/h1-6,11-12,15,20H,7-10H2. The average molecular weight is 416 g/mol. The van der Waals surface area contributed by atoms with Gasteiger partial charge in [0, 0.05) is 19.1 Å². The highest BCUT2D eigenvalue weighted by Gasteiger charge is 2.38. The van der Waals surface area contributed by atoms with Crippen LogP contribution in [0.15, 0.2) is 58.3 Å². The van der Waals surface area contributed by atoms with Gasteiger partial charge in [0.25, 0.3) is 0 Å². The molecule has 2 aromatic rings. The molecule has 0 aromatic heterocycles. The van der Waals surface area contributed by atoms with Gasteiger partial charge in [-0.2, -0.15) is 4.31 Å². The van der Waals surface area contributed by atoms with Crippen LogP contribution in [-0.2, 0) is 20.0 Å². The van der Waals surface area contributed by atoms with E-state index < -0.39 is 31.7 Å². The minimum Gasteiger partial charge on any atom is -0.210 e. The van der Waals surface area contributed by atoms with E-state index >= 15 is 0 Å². The summed E-state index contributed by atoms with van der Waals surface area (Å²) in [5.41, 5.74) is 0. The third-order valence-electron chi connectivity index (χ3n) is 4.09. The summed E-state index contributed by atoms with van der Waals surface area (Å²) >= 11 is 0. The molecule has 1 N–H and O–H groups in total. The largest absolute Gasteiger partial charge is 0.243 e. The normalized spacial score (nSPS) is 15.2. The van der Waals surface area contributed by atoms with E-state index in [2.05, 4.69) is 4.72 Å². The highest BCUT2D eigenvalue weighted by atomic mass is 32.2. The number of sulfonamides is 2. The topological polar surface area (TPSA) is 83.6 Å². The van der Waals surface area contributed by atoms with E-state index in [1.807, 2.05) is 0 Å². The molecule has 1 saturated carbocycles. The van der Waals surface area contributed by atoms with Crippen molar-refractivity contribution >= 4 is 20.0 Å². The average Bonchev–Trinajstić information content (AvgIpc) is 3.43. The molecule has 1 aliphatic rings. The maximum atomic E-state index is 13.4. The van der Waals surface area contributed by atoms with Crippen LogP contribution in [0, 0.1) is 11.6 Å². The molecule has 2 aromatic carbocycles. The minimum absolute atomic E-state index is 0.113. The minimum atomic E-state index is -3.97. The van der Waals surface area contributed by atoms with Gasteiger partial charge in [-0.3, -0.25) is 0 Å². The number of halogens is 2. The van der Waals surface area contributed by atoms with E-state index in [9.17, 15) is 25.6 Å². The van der Waals surface area contributed by atoms with Crippen molar-refractivity contribution in [3.05, 3.63) is 60.2 Å². The molecule has 0 atom stereocenters. The second-order valence-electron chi connectivity index (χ2n) is 6.16. The molecule has 0 heterocycles. The zero-order valence-electron chi connectivity index (χ0n) is 14.2. The van der Waals surface area contributed by atoms with Gasteiger partial charge in [0.05, 0.1) is 9.79 Å². The fourth-order valence-electron chi connectivity index (χ4n) is 2.63. The Morgan fingerprint density at radius 3 is 2.04 bits per heavy atom. The number of rotatable bonds is 8. The highest BCUT2D eigenvalue weighted by molar-refractivity contribution is 7.89. The van der Waals surface area contributed by atoms with Gasteiger partial charge >= 0.3 is 0 Å². The first-order valence-corrected chi connectivity index (χ1v) is 11.2. The van der Waals surface area contributed by atoms with Gasteiger partial charge < -0.3 is 0 Å². The summed E-state index contributed by atoms with van der Waals surface area (Å²) < 4.78 is 80.1. The Morgan fingerprint density at radius 1 is 0.926 bits per heavy atom. The van der Waals surface area contributed by atoms with Crippen LogP contribution in [0.5, 0.6) is 0 Å². The number of hydrogen-bond donors (Lipinski definition) is 1. The van der Waals surface area contributed by atoms with Crippen LogP contribution in [0.4, 0.5) is 8.78 Å². The fraction of sp³-hybridized carbons (Fsp3) is 0.294. The van der Waals surface area contributed by atoms with Crippen molar-refractivity contribution in [3.8, 4) is 0 Å². The van der Waals surface area contributed by atoms with Crippen LogP contribution < -0.4 is 4.72 Å². The lowest BCUT2D eigenvalue weighted by molar-refractivity contribution is 0.405. The van der Waals surface area contributed by atoms with Crippen LogP contribution in [0.1, 0.15) is 12.8 Å². The van der Waals surface area contributed by atoms with Crippen molar-refractivity contribution in [1.29, 1.82) is 0 Å². The van der Waals surface area contributed by atoms with E-state index in [1.165, 1.54) is 28.6 Å². The SMILES string of the molecule is O=S(=O)(NCCN(C1CC1)S(=O)(=O)c1cccc(F)c1)c1cccc(F)c1. The van der Waals surface area contributed by atoms with Crippen molar-refractivity contribution in [2.24, 2.45) is 0 Å². The summed E-state index contributed by atoms with van der Waals surface area (Å²) in [6, 6.07) is 8.96. The molecule has 0 aliphatic heterocycles. The van der Waals surface area contributed by atoms with Gasteiger partial charge in [-0.25, -0.2) is 30.3 Å². The van der Waals surface area contributed by atoms with E-state index in [0.717, 1.165) is 24.3 Å². The zero-order chi connectivity index (χ0) is 19.7. The number of hydrogen-bond acceptors (Lipinski definition) is 4.